The molecule has 6 heteroatoms. The smallest absolute Gasteiger partial charge is 0.348 e. The van der Waals surface area contributed by atoms with Crippen molar-refractivity contribution in [2.45, 2.75) is 25.8 Å². The second-order valence-electron chi connectivity index (χ2n) is 3.99. The van der Waals surface area contributed by atoms with E-state index < -0.39 is 0 Å². The van der Waals surface area contributed by atoms with Gasteiger partial charge in [0.2, 0.25) is 0 Å². The lowest BCUT2D eigenvalue weighted by atomic mass is 10.3. The fourth-order valence-corrected chi connectivity index (χ4v) is 2.74. The summed E-state index contributed by atoms with van der Waals surface area (Å²) >= 11 is 6.52. The molecule has 0 atom stereocenters. The van der Waals surface area contributed by atoms with Gasteiger partial charge in [-0.2, -0.15) is 0 Å². The Hall–Kier alpha value is -1.14. The quantitative estimate of drug-likeness (QED) is 0.652. The number of ether oxygens (including phenoxy) is 1. The van der Waals surface area contributed by atoms with E-state index in [4.69, 9.17) is 17.0 Å². The SMILES string of the molecule is COC(=O)c1sc(NC(=S)NC2CC2)cc1C. The van der Waals surface area contributed by atoms with Crippen LogP contribution in [0.5, 0.6) is 0 Å². The highest BCUT2D eigenvalue weighted by molar-refractivity contribution is 7.80. The van der Waals surface area contributed by atoms with Crippen LogP contribution in [0.25, 0.3) is 0 Å². The van der Waals surface area contributed by atoms with Gasteiger partial charge in [0.25, 0.3) is 0 Å². The summed E-state index contributed by atoms with van der Waals surface area (Å²) in [5.41, 5.74) is 0.901. The Kier molecular flexibility index (Phi) is 3.63. The highest BCUT2D eigenvalue weighted by atomic mass is 32.1. The molecule has 2 rings (SSSR count). The summed E-state index contributed by atoms with van der Waals surface area (Å²) in [5, 5.41) is 7.75. The number of carbonyl (C=O) groups is 1. The third-order valence-corrected chi connectivity index (χ3v) is 3.79. The minimum Gasteiger partial charge on any atom is -0.465 e. The van der Waals surface area contributed by atoms with Crippen LogP contribution in [-0.2, 0) is 4.74 Å². The summed E-state index contributed by atoms with van der Waals surface area (Å²) in [4.78, 5) is 12.0. The minimum atomic E-state index is -0.304. The number of thiocarbonyl (C=S) groups is 1. The van der Waals surface area contributed by atoms with E-state index in [1.165, 1.54) is 31.3 Å². The van der Waals surface area contributed by atoms with Gasteiger partial charge in [-0.25, -0.2) is 4.79 Å². The molecule has 92 valence electrons. The Labute approximate surface area is 109 Å². The van der Waals surface area contributed by atoms with Crippen molar-refractivity contribution in [1.82, 2.24) is 5.32 Å². The molecule has 0 amide bonds. The first-order chi connectivity index (χ1) is 8.10. The maximum Gasteiger partial charge on any atom is 0.348 e. The average Bonchev–Trinajstić information content (AvgIpc) is 3.00. The van der Waals surface area contributed by atoms with Gasteiger partial charge >= 0.3 is 5.97 Å². The van der Waals surface area contributed by atoms with Crippen LogP contribution in [0.3, 0.4) is 0 Å². The van der Waals surface area contributed by atoms with Gasteiger partial charge in [-0.3, -0.25) is 0 Å². The maximum absolute atomic E-state index is 11.4. The predicted molar refractivity (Wildman–Crippen MR) is 72.8 cm³/mol. The number of thiophene rings is 1. The van der Waals surface area contributed by atoms with Gasteiger partial charge in [-0.05, 0) is 43.6 Å². The van der Waals surface area contributed by atoms with Gasteiger partial charge in [0.1, 0.15) is 4.88 Å². The number of anilines is 1. The van der Waals surface area contributed by atoms with Crippen LogP contribution in [0.2, 0.25) is 0 Å². The summed E-state index contributed by atoms with van der Waals surface area (Å²) in [6.07, 6.45) is 2.36. The molecule has 0 aliphatic heterocycles. The van der Waals surface area contributed by atoms with E-state index in [0.29, 0.717) is 16.0 Å². The Bertz CT molecular complexity index is 452. The lowest BCUT2D eigenvalue weighted by Gasteiger charge is -2.06. The predicted octanol–water partition coefficient (Wildman–Crippen LogP) is 2.29. The molecule has 2 N–H and O–H groups in total. The van der Waals surface area contributed by atoms with Crippen molar-refractivity contribution in [2.24, 2.45) is 0 Å². The second-order valence-corrected chi connectivity index (χ2v) is 5.45. The number of esters is 1. The molecule has 1 saturated carbocycles. The average molecular weight is 270 g/mol. The largest absolute Gasteiger partial charge is 0.465 e. The summed E-state index contributed by atoms with van der Waals surface area (Å²) in [5.74, 6) is -0.304. The van der Waals surface area contributed by atoms with Gasteiger partial charge in [-0.1, -0.05) is 0 Å². The number of carbonyl (C=O) groups excluding carboxylic acids is 1. The van der Waals surface area contributed by atoms with Crippen molar-refractivity contribution in [1.29, 1.82) is 0 Å². The fraction of sp³-hybridized carbons (Fsp3) is 0.455. The molecule has 0 spiro atoms. The van der Waals surface area contributed by atoms with Gasteiger partial charge in [0.15, 0.2) is 5.11 Å². The first-order valence-electron chi connectivity index (χ1n) is 5.36. The van der Waals surface area contributed by atoms with Gasteiger partial charge in [0, 0.05) is 6.04 Å². The van der Waals surface area contributed by atoms with E-state index in [9.17, 15) is 4.79 Å². The molecule has 4 nitrogen and oxygen atoms in total. The third-order valence-electron chi connectivity index (χ3n) is 2.44. The molecule has 0 aromatic carbocycles. The molecule has 1 heterocycles. The van der Waals surface area contributed by atoms with E-state index in [2.05, 4.69) is 10.6 Å². The van der Waals surface area contributed by atoms with Crippen molar-refractivity contribution in [2.75, 3.05) is 12.4 Å². The van der Waals surface area contributed by atoms with Crippen molar-refractivity contribution in [3.8, 4) is 0 Å². The van der Waals surface area contributed by atoms with Crippen molar-refractivity contribution >= 4 is 39.6 Å². The zero-order valence-corrected chi connectivity index (χ0v) is 11.3. The van der Waals surface area contributed by atoms with Crippen LogP contribution in [0, 0.1) is 6.92 Å². The number of rotatable bonds is 3. The topological polar surface area (TPSA) is 50.4 Å². The molecule has 1 fully saturated rings. The molecule has 0 saturated heterocycles. The van der Waals surface area contributed by atoms with E-state index in [1.54, 1.807) is 0 Å². The number of aryl methyl sites for hydroxylation is 1. The van der Waals surface area contributed by atoms with Crippen LogP contribution in [-0.4, -0.2) is 24.2 Å². The first kappa shape index (κ1) is 12.3. The van der Waals surface area contributed by atoms with Crippen LogP contribution >= 0.6 is 23.6 Å². The molecule has 17 heavy (non-hydrogen) atoms. The van der Waals surface area contributed by atoms with Crippen molar-refractivity contribution in [3.63, 3.8) is 0 Å². The zero-order valence-electron chi connectivity index (χ0n) is 9.70. The molecule has 0 radical (unpaired) electrons. The maximum atomic E-state index is 11.4. The van der Waals surface area contributed by atoms with Crippen molar-refractivity contribution in [3.05, 3.63) is 16.5 Å². The lowest BCUT2D eigenvalue weighted by Crippen LogP contribution is -2.29. The highest BCUT2D eigenvalue weighted by Gasteiger charge is 2.22. The Morgan fingerprint density at radius 2 is 2.29 bits per heavy atom. The third kappa shape index (κ3) is 3.17. The number of hydrogen-bond acceptors (Lipinski definition) is 4. The summed E-state index contributed by atoms with van der Waals surface area (Å²) < 4.78 is 4.71. The monoisotopic (exact) mass is 270 g/mol. The Balaban J connectivity index is 2.00. The molecule has 1 aromatic rings. The first-order valence-corrected chi connectivity index (χ1v) is 6.59. The van der Waals surface area contributed by atoms with Crippen LogP contribution in [0.1, 0.15) is 28.1 Å². The number of methoxy groups -OCH3 is 1. The highest BCUT2D eigenvalue weighted by Crippen LogP contribution is 2.27. The molecule has 1 aliphatic rings. The van der Waals surface area contributed by atoms with E-state index in [1.807, 2.05) is 13.0 Å². The molecular weight excluding hydrogens is 256 g/mol. The molecule has 1 aliphatic carbocycles. The molecule has 0 unspecified atom stereocenters. The number of hydrogen-bond donors (Lipinski definition) is 2. The Morgan fingerprint density at radius 3 is 2.88 bits per heavy atom. The molecular formula is C11H14N2O2S2. The van der Waals surface area contributed by atoms with Crippen LogP contribution in [0.4, 0.5) is 5.00 Å². The molecule has 1 aromatic heterocycles. The van der Waals surface area contributed by atoms with Gasteiger partial charge < -0.3 is 15.4 Å². The minimum absolute atomic E-state index is 0.304. The van der Waals surface area contributed by atoms with Gasteiger partial charge in [-0.15, -0.1) is 11.3 Å². The lowest BCUT2D eigenvalue weighted by molar-refractivity contribution is 0.0605. The zero-order chi connectivity index (χ0) is 12.4. The standard InChI is InChI=1S/C11H14N2O2S2/c1-6-5-8(17-9(6)10(14)15-2)13-11(16)12-7-3-4-7/h5,7H,3-4H2,1-2H3,(H2,12,13,16). The van der Waals surface area contributed by atoms with E-state index in [-0.39, 0.29) is 5.97 Å². The van der Waals surface area contributed by atoms with Crippen LogP contribution in [0.15, 0.2) is 6.07 Å². The number of nitrogens with one attached hydrogen (secondary N) is 2. The van der Waals surface area contributed by atoms with Gasteiger partial charge in [0.05, 0.1) is 12.1 Å². The second kappa shape index (κ2) is 5.01. The Morgan fingerprint density at radius 1 is 1.59 bits per heavy atom. The summed E-state index contributed by atoms with van der Waals surface area (Å²) in [6, 6.07) is 2.42. The van der Waals surface area contributed by atoms with E-state index >= 15 is 0 Å². The van der Waals surface area contributed by atoms with Crippen molar-refractivity contribution < 1.29 is 9.53 Å². The molecule has 0 bridgehead atoms. The summed E-state index contributed by atoms with van der Waals surface area (Å²) in [6.45, 7) is 1.88. The van der Waals surface area contributed by atoms with Crippen LogP contribution < -0.4 is 10.6 Å². The normalized spacial score (nSPS) is 14.2. The van der Waals surface area contributed by atoms with E-state index in [0.717, 1.165) is 10.6 Å². The summed E-state index contributed by atoms with van der Waals surface area (Å²) in [7, 11) is 1.38. The fourth-order valence-electron chi connectivity index (χ4n) is 1.40.